The van der Waals surface area contributed by atoms with Crippen molar-refractivity contribution in [2.24, 2.45) is 0 Å². The highest BCUT2D eigenvalue weighted by atomic mass is 16.2. The van der Waals surface area contributed by atoms with Crippen LogP contribution in [0.2, 0.25) is 0 Å². The molecule has 1 atom stereocenters. The minimum atomic E-state index is 0.252. The van der Waals surface area contributed by atoms with E-state index in [1.165, 1.54) is 16.8 Å². The Morgan fingerprint density at radius 3 is 2.48 bits per heavy atom. The highest BCUT2D eigenvalue weighted by Gasteiger charge is 2.29. The molecule has 2 aromatic rings. The van der Waals surface area contributed by atoms with Gasteiger partial charge < -0.3 is 4.90 Å². The lowest BCUT2D eigenvalue weighted by Crippen LogP contribution is -2.42. The third-order valence-corrected chi connectivity index (χ3v) is 5.75. The summed E-state index contributed by atoms with van der Waals surface area (Å²) < 4.78 is 2.08. The topological polar surface area (TPSA) is 41.4 Å². The summed E-state index contributed by atoms with van der Waals surface area (Å²) in [5.74, 6) is 0.269. The van der Waals surface area contributed by atoms with Crippen molar-refractivity contribution < 1.29 is 4.79 Å². The first-order chi connectivity index (χ1) is 13.0. The molecule has 27 heavy (non-hydrogen) atoms. The van der Waals surface area contributed by atoms with Gasteiger partial charge in [0.1, 0.15) is 0 Å². The lowest BCUT2D eigenvalue weighted by molar-refractivity contribution is -0.133. The molecule has 1 aliphatic heterocycles. The molecule has 3 rings (SSSR count). The minimum Gasteiger partial charge on any atom is -0.334 e. The number of aromatic nitrogens is 2. The fourth-order valence-corrected chi connectivity index (χ4v) is 4.07. The zero-order valence-electron chi connectivity index (χ0n) is 17.1. The zero-order valence-corrected chi connectivity index (χ0v) is 17.1. The van der Waals surface area contributed by atoms with E-state index in [1.54, 1.807) is 0 Å². The molecular formula is C22H32N4O. The summed E-state index contributed by atoms with van der Waals surface area (Å²) >= 11 is 0. The van der Waals surface area contributed by atoms with Gasteiger partial charge >= 0.3 is 0 Å². The Morgan fingerprint density at radius 2 is 1.85 bits per heavy atom. The van der Waals surface area contributed by atoms with Crippen LogP contribution in [0.1, 0.15) is 49.2 Å². The van der Waals surface area contributed by atoms with Gasteiger partial charge in [-0.2, -0.15) is 5.10 Å². The molecule has 0 aliphatic carbocycles. The van der Waals surface area contributed by atoms with Crippen LogP contribution in [0.3, 0.4) is 0 Å². The molecule has 5 nitrogen and oxygen atoms in total. The number of rotatable bonds is 6. The van der Waals surface area contributed by atoms with Gasteiger partial charge in [-0.25, -0.2) is 0 Å². The van der Waals surface area contributed by atoms with Gasteiger partial charge in [0.2, 0.25) is 5.91 Å². The van der Waals surface area contributed by atoms with E-state index in [2.05, 4.69) is 59.4 Å². The summed E-state index contributed by atoms with van der Waals surface area (Å²) in [5, 5.41) is 4.66. The molecule has 1 aromatic heterocycles. The molecule has 1 aromatic carbocycles. The van der Waals surface area contributed by atoms with Crippen molar-refractivity contribution in [2.75, 3.05) is 13.1 Å². The van der Waals surface area contributed by atoms with Gasteiger partial charge in [0.15, 0.2) is 0 Å². The van der Waals surface area contributed by atoms with Crippen LogP contribution in [0.25, 0.3) is 0 Å². The Kier molecular flexibility index (Phi) is 6.32. The summed E-state index contributed by atoms with van der Waals surface area (Å²) in [6, 6.07) is 10.6. The van der Waals surface area contributed by atoms with Crippen molar-refractivity contribution >= 4 is 5.91 Å². The average Bonchev–Trinajstić information content (AvgIpc) is 2.86. The molecular weight excluding hydrogens is 336 g/mol. The van der Waals surface area contributed by atoms with Gasteiger partial charge in [0.05, 0.1) is 5.69 Å². The molecule has 0 radical (unpaired) electrons. The molecule has 1 amide bonds. The van der Waals surface area contributed by atoms with Crippen LogP contribution in [0.15, 0.2) is 30.3 Å². The molecule has 1 fully saturated rings. The third-order valence-electron chi connectivity index (χ3n) is 5.75. The maximum atomic E-state index is 12.9. The number of aryl methyl sites for hydroxylation is 2. The largest absolute Gasteiger partial charge is 0.334 e. The summed E-state index contributed by atoms with van der Waals surface area (Å²) in [6.07, 6.45) is 1.56. The van der Waals surface area contributed by atoms with Crippen LogP contribution in [0, 0.1) is 13.8 Å². The number of benzene rings is 1. The van der Waals surface area contributed by atoms with Crippen molar-refractivity contribution in [3.63, 3.8) is 0 Å². The molecule has 1 aliphatic rings. The van der Waals surface area contributed by atoms with Gasteiger partial charge in [-0.15, -0.1) is 0 Å². The minimum absolute atomic E-state index is 0.252. The third kappa shape index (κ3) is 4.41. The van der Waals surface area contributed by atoms with Gasteiger partial charge in [0, 0.05) is 56.4 Å². The monoisotopic (exact) mass is 368 g/mol. The van der Waals surface area contributed by atoms with Crippen LogP contribution in [0.5, 0.6) is 0 Å². The lowest BCUT2D eigenvalue weighted by atomic mass is 10.1. The Labute approximate surface area is 163 Å². The predicted octanol–water partition coefficient (Wildman–Crippen LogP) is 3.53. The highest BCUT2D eigenvalue weighted by molar-refractivity contribution is 5.77. The first kappa shape index (κ1) is 19.6. The second kappa shape index (κ2) is 8.70. The quantitative estimate of drug-likeness (QED) is 0.783. The average molecular weight is 369 g/mol. The second-order valence-electron chi connectivity index (χ2n) is 7.52. The highest BCUT2D eigenvalue weighted by Crippen LogP contribution is 2.21. The van der Waals surface area contributed by atoms with Crippen LogP contribution < -0.4 is 0 Å². The van der Waals surface area contributed by atoms with Crippen LogP contribution in [-0.2, 0) is 24.4 Å². The standard InChI is InChI=1S/C22H32N4O/c1-5-20-15-24(16-21-17(3)23-26(6-2)18(21)4)13-12-22(27)25(20)14-19-10-8-7-9-11-19/h7-11,20H,5-6,12-16H2,1-4H3/t20-/m1/s1. The smallest absolute Gasteiger partial charge is 0.224 e. The van der Waals surface area contributed by atoms with Crippen LogP contribution in [0.4, 0.5) is 0 Å². The molecule has 0 spiro atoms. The maximum absolute atomic E-state index is 12.9. The van der Waals surface area contributed by atoms with E-state index in [9.17, 15) is 4.79 Å². The van der Waals surface area contributed by atoms with Gasteiger partial charge in [-0.05, 0) is 32.8 Å². The Hall–Kier alpha value is -2.14. The summed E-state index contributed by atoms with van der Waals surface area (Å²) in [7, 11) is 0. The van der Waals surface area contributed by atoms with Crippen LogP contribution in [-0.4, -0.2) is 44.6 Å². The zero-order chi connectivity index (χ0) is 19.4. The Balaban J connectivity index is 1.75. The predicted molar refractivity (Wildman–Crippen MR) is 108 cm³/mol. The summed E-state index contributed by atoms with van der Waals surface area (Å²) in [5.41, 5.74) is 4.88. The van der Waals surface area contributed by atoms with E-state index < -0.39 is 0 Å². The lowest BCUT2D eigenvalue weighted by Gasteiger charge is -2.31. The van der Waals surface area contributed by atoms with Crippen molar-refractivity contribution in [3.8, 4) is 0 Å². The molecule has 2 heterocycles. The fourth-order valence-electron chi connectivity index (χ4n) is 4.07. The van der Waals surface area contributed by atoms with Gasteiger partial charge in [-0.1, -0.05) is 37.3 Å². The van der Waals surface area contributed by atoms with Gasteiger partial charge in [-0.3, -0.25) is 14.4 Å². The number of carbonyl (C=O) groups is 1. The normalized spacial score (nSPS) is 18.7. The van der Waals surface area contributed by atoms with E-state index in [1.807, 2.05) is 18.2 Å². The van der Waals surface area contributed by atoms with E-state index in [0.717, 1.165) is 38.3 Å². The van der Waals surface area contributed by atoms with Crippen molar-refractivity contribution in [2.45, 2.75) is 66.2 Å². The Bertz CT molecular complexity index is 768. The summed E-state index contributed by atoms with van der Waals surface area (Å²) in [6.45, 7) is 12.8. The van der Waals surface area contributed by atoms with E-state index in [-0.39, 0.29) is 11.9 Å². The number of carbonyl (C=O) groups excluding carboxylic acids is 1. The van der Waals surface area contributed by atoms with Crippen molar-refractivity contribution in [1.82, 2.24) is 19.6 Å². The molecule has 0 bridgehead atoms. The summed E-state index contributed by atoms with van der Waals surface area (Å²) in [4.78, 5) is 17.4. The maximum Gasteiger partial charge on any atom is 0.224 e. The van der Waals surface area contributed by atoms with Crippen molar-refractivity contribution in [3.05, 3.63) is 52.8 Å². The fraction of sp³-hybridized carbons (Fsp3) is 0.545. The number of hydrogen-bond donors (Lipinski definition) is 0. The van der Waals surface area contributed by atoms with E-state index in [0.29, 0.717) is 13.0 Å². The SMILES string of the molecule is CC[C@@H]1CN(Cc2c(C)nn(CC)c2C)CCC(=O)N1Cc1ccccc1. The molecule has 1 saturated heterocycles. The van der Waals surface area contributed by atoms with Gasteiger partial charge in [0.25, 0.3) is 0 Å². The number of hydrogen-bond acceptors (Lipinski definition) is 3. The second-order valence-corrected chi connectivity index (χ2v) is 7.52. The van der Waals surface area contributed by atoms with Crippen molar-refractivity contribution in [1.29, 1.82) is 0 Å². The molecule has 0 saturated carbocycles. The molecule has 0 unspecified atom stereocenters. The van der Waals surface area contributed by atoms with E-state index in [4.69, 9.17) is 0 Å². The van der Waals surface area contributed by atoms with Crippen LogP contribution >= 0.6 is 0 Å². The number of amides is 1. The Morgan fingerprint density at radius 1 is 1.11 bits per heavy atom. The number of nitrogens with zero attached hydrogens (tertiary/aromatic N) is 4. The first-order valence-electron chi connectivity index (χ1n) is 10.1. The molecule has 5 heteroatoms. The van der Waals surface area contributed by atoms with E-state index >= 15 is 0 Å². The molecule has 146 valence electrons. The first-order valence-corrected chi connectivity index (χ1v) is 10.1. The molecule has 0 N–H and O–H groups in total.